The first-order valence-corrected chi connectivity index (χ1v) is 7.86. The summed E-state index contributed by atoms with van der Waals surface area (Å²) in [5, 5.41) is 12.4. The molecule has 1 aromatic rings. The van der Waals surface area contributed by atoms with Gasteiger partial charge in [0.1, 0.15) is 12.4 Å². The van der Waals surface area contributed by atoms with E-state index in [1.807, 2.05) is 0 Å². The summed E-state index contributed by atoms with van der Waals surface area (Å²) in [4.78, 5) is 10.9. The Morgan fingerprint density at radius 1 is 1.38 bits per heavy atom. The largest absolute Gasteiger partial charge is 0.492 e. The van der Waals surface area contributed by atoms with Crippen molar-refractivity contribution in [3.8, 4) is 5.75 Å². The molecule has 4 heteroatoms. The van der Waals surface area contributed by atoms with Gasteiger partial charge in [0.15, 0.2) is 0 Å². The predicted octanol–water partition coefficient (Wildman–Crippen LogP) is 3.32. The zero-order valence-electron chi connectivity index (χ0n) is 12.7. The molecule has 0 radical (unpaired) electrons. The molecular formula is C17H25NO3. The van der Waals surface area contributed by atoms with Crippen molar-refractivity contribution >= 4 is 5.97 Å². The van der Waals surface area contributed by atoms with Crippen LogP contribution in [0, 0.1) is 5.92 Å². The maximum atomic E-state index is 10.9. The second kappa shape index (κ2) is 8.03. The Bertz CT molecular complexity index is 455. The Balaban J connectivity index is 1.69. The van der Waals surface area contributed by atoms with Crippen molar-refractivity contribution < 1.29 is 14.6 Å². The average Bonchev–Trinajstić information content (AvgIpc) is 2.52. The maximum absolute atomic E-state index is 10.9. The highest BCUT2D eigenvalue weighted by atomic mass is 16.5. The van der Waals surface area contributed by atoms with Gasteiger partial charge in [0.25, 0.3) is 0 Å². The Hall–Kier alpha value is -1.55. The molecule has 0 spiro atoms. The fraction of sp³-hybridized carbons (Fsp3) is 0.588. The van der Waals surface area contributed by atoms with Gasteiger partial charge in [-0.1, -0.05) is 25.3 Å². The Morgan fingerprint density at radius 2 is 2.14 bits per heavy atom. The Labute approximate surface area is 126 Å². The van der Waals surface area contributed by atoms with E-state index in [1.54, 1.807) is 24.3 Å². The van der Waals surface area contributed by atoms with E-state index in [2.05, 4.69) is 12.2 Å². The van der Waals surface area contributed by atoms with Gasteiger partial charge in [-0.25, -0.2) is 4.79 Å². The van der Waals surface area contributed by atoms with Crippen LogP contribution >= 0.6 is 0 Å². The maximum Gasteiger partial charge on any atom is 0.335 e. The summed E-state index contributed by atoms with van der Waals surface area (Å²) in [6.07, 6.45) is 6.75. The minimum Gasteiger partial charge on any atom is -0.492 e. The van der Waals surface area contributed by atoms with Crippen LogP contribution in [0.5, 0.6) is 5.75 Å². The molecule has 21 heavy (non-hydrogen) atoms. The third kappa shape index (κ3) is 5.05. The molecule has 2 N–H and O–H groups in total. The van der Waals surface area contributed by atoms with Crippen LogP contribution in [0.3, 0.4) is 0 Å². The number of aromatic carboxylic acids is 1. The lowest BCUT2D eigenvalue weighted by atomic mass is 9.84. The molecular weight excluding hydrogens is 266 g/mol. The average molecular weight is 291 g/mol. The van der Waals surface area contributed by atoms with Crippen molar-refractivity contribution in [3.05, 3.63) is 29.8 Å². The molecule has 1 aliphatic carbocycles. The molecule has 2 rings (SSSR count). The van der Waals surface area contributed by atoms with Gasteiger partial charge in [-0.3, -0.25) is 0 Å². The second-order valence-corrected chi connectivity index (χ2v) is 5.82. The lowest BCUT2D eigenvalue weighted by molar-refractivity contribution is 0.0696. The molecule has 1 fully saturated rings. The summed E-state index contributed by atoms with van der Waals surface area (Å²) in [6, 6.07) is 7.15. The second-order valence-electron chi connectivity index (χ2n) is 5.82. The van der Waals surface area contributed by atoms with E-state index < -0.39 is 5.97 Å². The summed E-state index contributed by atoms with van der Waals surface area (Å²) < 4.78 is 5.61. The van der Waals surface area contributed by atoms with Crippen LogP contribution in [0.15, 0.2) is 24.3 Å². The molecule has 0 heterocycles. The van der Waals surface area contributed by atoms with Crippen LogP contribution in [-0.4, -0.2) is 30.3 Å². The number of hydrogen-bond acceptors (Lipinski definition) is 3. The first-order chi connectivity index (χ1) is 10.2. The van der Waals surface area contributed by atoms with E-state index >= 15 is 0 Å². The van der Waals surface area contributed by atoms with Gasteiger partial charge < -0.3 is 15.2 Å². The number of nitrogens with one attached hydrogen (secondary N) is 1. The van der Waals surface area contributed by atoms with Gasteiger partial charge in [0.2, 0.25) is 0 Å². The highest BCUT2D eigenvalue weighted by Crippen LogP contribution is 2.26. The van der Waals surface area contributed by atoms with Crippen LogP contribution in [0.25, 0.3) is 0 Å². The third-order valence-corrected chi connectivity index (χ3v) is 4.28. The zero-order valence-corrected chi connectivity index (χ0v) is 12.7. The molecule has 0 aromatic heterocycles. The number of carboxylic acids is 1. The first kappa shape index (κ1) is 15.8. The van der Waals surface area contributed by atoms with E-state index in [0.717, 1.165) is 12.5 Å². The van der Waals surface area contributed by atoms with E-state index in [0.29, 0.717) is 18.4 Å². The third-order valence-electron chi connectivity index (χ3n) is 4.28. The molecule has 1 saturated carbocycles. The monoisotopic (exact) mass is 291 g/mol. The molecule has 0 saturated heterocycles. The first-order valence-electron chi connectivity index (χ1n) is 7.86. The van der Waals surface area contributed by atoms with Crippen LogP contribution in [-0.2, 0) is 0 Å². The summed E-state index contributed by atoms with van der Waals surface area (Å²) in [7, 11) is 0. The highest BCUT2D eigenvalue weighted by molar-refractivity contribution is 5.87. The minimum atomic E-state index is -0.926. The molecule has 0 bridgehead atoms. The molecule has 0 aliphatic heterocycles. The molecule has 0 unspecified atom stereocenters. The van der Waals surface area contributed by atoms with Gasteiger partial charge in [-0.05, 0) is 43.9 Å². The number of benzene rings is 1. The number of ether oxygens (including phenoxy) is 1. The highest BCUT2D eigenvalue weighted by Gasteiger charge is 2.19. The lowest BCUT2D eigenvalue weighted by Crippen LogP contribution is -2.37. The van der Waals surface area contributed by atoms with E-state index in [4.69, 9.17) is 9.84 Å². The smallest absolute Gasteiger partial charge is 0.335 e. The van der Waals surface area contributed by atoms with Crippen molar-refractivity contribution in [3.63, 3.8) is 0 Å². The van der Waals surface area contributed by atoms with Crippen molar-refractivity contribution in [1.82, 2.24) is 5.32 Å². The number of rotatable bonds is 7. The number of carbonyl (C=O) groups is 1. The van der Waals surface area contributed by atoms with Gasteiger partial charge >= 0.3 is 5.97 Å². The SMILES string of the molecule is C[C@H](NCCOc1cccc(C(=O)O)c1)C1CCCCC1. The number of carboxylic acid groups (broad SMARTS) is 1. The van der Waals surface area contributed by atoms with Crippen molar-refractivity contribution in [1.29, 1.82) is 0 Å². The fourth-order valence-electron chi connectivity index (χ4n) is 2.98. The van der Waals surface area contributed by atoms with E-state index in [1.165, 1.54) is 32.1 Å². The molecule has 116 valence electrons. The van der Waals surface area contributed by atoms with Gasteiger partial charge in [0.05, 0.1) is 5.56 Å². The topological polar surface area (TPSA) is 58.6 Å². The molecule has 1 aliphatic rings. The zero-order chi connectivity index (χ0) is 15.1. The van der Waals surface area contributed by atoms with Crippen LogP contribution in [0.4, 0.5) is 0 Å². The van der Waals surface area contributed by atoms with Gasteiger partial charge in [0, 0.05) is 12.6 Å². The molecule has 1 atom stereocenters. The lowest BCUT2D eigenvalue weighted by Gasteiger charge is -2.28. The van der Waals surface area contributed by atoms with Crippen LogP contribution < -0.4 is 10.1 Å². The van der Waals surface area contributed by atoms with Gasteiger partial charge in [-0.2, -0.15) is 0 Å². The Kier molecular flexibility index (Phi) is 6.05. The number of hydrogen-bond donors (Lipinski definition) is 2. The van der Waals surface area contributed by atoms with Crippen LogP contribution in [0.2, 0.25) is 0 Å². The van der Waals surface area contributed by atoms with Gasteiger partial charge in [-0.15, -0.1) is 0 Å². The quantitative estimate of drug-likeness (QED) is 0.757. The van der Waals surface area contributed by atoms with Crippen LogP contribution in [0.1, 0.15) is 49.4 Å². The molecule has 0 amide bonds. The van der Waals surface area contributed by atoms with Crippen molar-refractivity contribution in [2.45, 2.75) is 45.1 Å². The Morgan fingerprint density at radius 3 is 2.86 bits per heavy atom. The van der Waals surface area contributed by atoms with E-state index in [9.17, 15) is 4.79 Å². The summed E-state index contributed by atoms with van der Waals surface area (Å²) in [5.74, 6) is 0.473. The predicted molar refractivity (Wildman–Crippen MR) is 82.9 cm³/mol. The summed E-state index contributed by atoms with van der Waals surface area (Å²) in [5.41, 5.74) is 0.260. The minimum absolute atomic E-state index is 0.260. The molecule has 1 aromatic carbocycles. The summed E-state index contributed by atoms with van der Waals surface area (Å²) >= 11 is 0. The summed E-state index contributed by atoms with van der Waals surface area (Å²) in [6.45, 7) is 3.59. The van der Waals surface area contributed by atoms with Crippen molar-refractivity contribution in [2.24, 2.45) is 5.92 Å². The van der Waals surface area contributed by atoms with E-state index in [-0.39, 0.29) is 5.56 Å². The normalized spacial score (nSPS) is 17.4. The van der Waals surface area contributed by atoms with Crippen molar-refractivity contribution in [2.75, 3.05) is 13.2 Å². The fourth-order valence-corrected chi connectivity index (χ4v) is 2.98. The molecule has 4 nitrogen and oxygen atoms in total. The standard InChI is InChI=1S/C17H25NO3/c1-13(14-6-3-2-4-7-14)18-10-11-21-16-9-5-8-15(12-16)17(19)20/h5,8-9,12-14,18H,2-4,6-7,10-11H2,1H3,(H,19,20)/t13-/m0/s1.